The van der Waals surface area contributed by atoms with Crippen molar-refractivity contribution >= 4 is 0 Å². The van der Waals surface area contributed by atoms with E-state index in [0.717, 1.165) is 25.9 Å². The van der Waals surface area contributed by atoms with Crippen LogP contribution in [0.5, 0.6) is 0 Å². The first kappa shape index (κ1) is 9.82. The maximum atomic E-state index is 5.17. The second kappa shape index (κ2) is 5.39. The number of terminal acetylenes is 1. The summed E-state index contributed by atoms with van der Waals surface area (Å²) in [7, 11) is 1.93. The summed E-state index contributed by atoms with van der Waals surface area (Å²) < 4.78 is 1.99. The Balaban J connectivity index is 2.46. The molecule has 0 saturated carbocycles. The molecule has 0 atom stereocenters. The van der Waals surface area contributed by atoms with Crippen molar-refractivity contribution in [2.75, 3.05) is 7.05 Å². The van der Waals surface area contributed by atoms with Crippen molar-refractivity contribution in [1.82, 2.24) is 15.1 Å². The van der Waals surface area contributed by atoms with Gasteiger partial charge in [-0.25, -0.2) is 0 Å². The van der Waals surface area contributed by atoms with Crippen LogP contribution in [0.3, 0.4) is 0 Å². The summed E-state index contributed by atoms with van der Waals surface area (Å²) in [5.74, 6) is 2.62. The van der Waals surface area contributed by atoms with Crippen molar-refractivity contribution in [2.24, 2.45) is 0 Å². The standard InChI is InChI=1S/C10H15N3/c1-3-4-5-8-13-10(9-11-2)6-7-12-13/h1,6-7,11H,4-5,8-9H2,2H3. The Hall–Kier alpha value is -1.27. The molecule has 13 heavy (non-hydrogen) atoms. The molecule has 0 aliphatic heterocycles. The molecule has 1 aromatic heterocycles. The lowest BCUT2D eigenvalue weighted by Crippen LogP contribution is -2.12. The Morgan fingerprint density at radius 2 is 2.54 bits per heavy atom. The number of nitrogens with zero attached hydrogens (tertiary/aromatic N) is 2. The van der Waals surface area contributed by atoms with Crippen molar-refractivity contribution in [3.63, 3.8) is 0 Å². The third-order valence-corrected chi connectivity index (χ3v) is 1.85. The van der Waals surface area contributed by atoms with Gasteiger partial charge in [-0.05, 0) is 19.5 Å². The molecule has 3 nitrogen and oxygen atoms in total. The lowest BCUT2D eigenvalue weighted by molar-refractivity contribution is 0.551. The van der Waals surface area contributed by atoms with E-state index in [-0.39, 0.29) is 0 Å². The van der Waals surface area contributed by atoms with Gasteiger partial charge in [0, 0.05) is 25.7 Å². The lowest BCUT2D eigenvalue weighted by atomic mass is 10.3. The van der Waals surface area contributed by atoms with E-state index in [0.29, 0.717) is 0 Å². The predicted molar refractivity (Wildman–Crippen MR) is 53.1 cm³/mol. The maximum Gasteiger partial charge on any atom is 0.0521 e. The topological polar surface area (TPSA) is 29.9 Å². The van der Waals surface area contributed by atoms with Crippen LogP contribution in [-0.4, -0.2) is 16.8 Å². The SMILES string of the molecule is C#CCCCn1nccc1CNC. The molecule has 1 aromatic rings. The summed E-state index contributed by atoms with van der Waals surface area (Å²) in [5, 5.41) is 7.31. The first-order valence-corrected chi connectivity index (χ1v) is 4.47. The summed E-state index contributed by atoms with van der Waals surface area (Å²) in [5.41, 5.74) is 1.21. The minimum Gasteiger partial charge on any atom is -0.314 e. The van der Waals surface area contributed by atoms with Gasteiger partial charge in [0.05, 0.1) is 5.69 Å². The van der Waals surface area contributed by atoms with Crippen LogP contribution in [0.1, 0.15) is 18.5 Å². The van der Waals surface area contributed by atoms with Gasteiger partial charge < -0.3 is 5.32 Å². The molecule has 3 heteroatoms. The molecule has 1 rings (SSSR count). The van der Waals surface area contributed by atoms with Crippen LogP contribution in [0.25, 0.3) is 0 Å². The minimum atomic E-state index is 0.818. The largest absolute Gasteiger partial charge is 0.314 e. The summed E-state index contributed by atoms with van der Waals surface area (Å²) in [6.45, 7) is 1.77. The van der Waals surface area contributed by atoms with E-state index in [1.807, 2.05) is 24.0 Å². The Morgan fingerprint density at radius 3 is 3.23 bits per heavy atom. The van der Waals surface area contributed by atoms with Crippen molar-refractivity contribution in [2.45, 2.75) is 25.9 Å². The minimum absolute atomic E-state index is 0.818. The smallest absolute Gasteiger partial charge is 0.0521 e. The highest BCUT2D eigenvalue weighted by Crippen LogP contribution is 2.00. The van der Waals surface area contributed by atoms with Crippen molar-refractivity contribution in [3.8, 4) is 12.3 Å². The maximum absolute atomic E-state index is 5.17. The third kappa shape index (κ3) is 2.92. The summed E-state index contributed by atoms with van der Waals surface area (Å²) >= 11 is 0. The average Bonchev–Trinajstić information content (AvgIpc) is 2.54. The zero-order chi connectivity index (χ0) is 9.52. The molecule has 1 heterocycles. The number of hydrogen-bond donors (Lipinski definition) is 1. The Labute approximate surface area is 79.1 Å². The van der Waals surface area contributed by atoms with Crippen molar-refractivity contribution in [1.29, 1.82) is 0 Å². The van der Waals surface area contributed by atoms with Crippen LogP contribution in [-0.2, 0) is 13.1 Å². The molecule has 0 saturated heterocycles. The second-order valence-electron chi connectivity index (χ2n) is 2.88. The van der Waals surface area contributed by atoms with E-state index in [1.54, 1.807) is 0 Å². The number of nitrogens with one attached hydrogen (secondary N) is 1. The Morgan fingerprint density at radius 1 is 1.69 bits per heavy atom. The number of rotatable bonds is 5. The fourth-order valence-corrected chi connectivity index (χ4v) is 1.22. The van der Waals surface area contributed by atoms with Gasteiger partial charge in [-0.3, -0.25) is 4.68 Å². The molecule has 0 amide bonds. The highest BCUT2D eigenvalue weighted by atomic mass is 15.3. The van der Waals surface area contributed by atoms with E-state index < -0.39 is 0 Å². The van der Waals surface area contributed by atoms with Crippen LogP contribution >= 0.6 is 0 Å². The fourth-order valence-electron chi connectivity index (χ4n) is 1.22. The molecule has 0 spiro atoms. The second-order valence-corrected chi connectivity index (χ2v) is 2.88. The first-order chi connectivity index (χ1) is 6.38. The molecule has 0 bridgehead atoms. The average molecular weight is 177 g/mol. The van der Waals surface area contributed by atoms with Crippen molar-refractivity contribution in [3.05, 3.63) is 18.0 Å². The van der Waals surface area contributed by atoms with Gasteiger partial charge in [0.15, 0.2) is 0 Å². The molecular formula is C10H15N3. The van der Waals surface area contributed by atoms with E-state index in [9.17, 15) is 0 Å². The number of unbranched alkanes of at least 4 members (excludes halogenated alkanes) is 1. The summed E-state index contributed by atoms with van der Waals surface area (Å²) in [4.78, 5) is 0. The van der Waals surface area contributed by atoms with Crippen LogP contribution in [0, 0.1) is 12.3 Å². The van der Waals surface area contributed by atoms with E-state index in [1.165, 1.54) is 5.69 Å². The van der Waals surface area contributed by atoms with Gasteiger partial charge in [-0.15, -0.1) is 12.3 Å². The Kier molecular flexibility index (Phi) is 4.07. The molecule has 0 fully saturated rings. The van der Waals surface area contributed by atoms with Crippen molar-refractivity contribution < 1.29 is 0 Å². The first-order valence-electron chi connectivity index (χ1n) is 4.47. The number of aryl methyl sites for hydroxylation is 1. The van der Waals surface area contributed by atoms with Crippen LogP contribution in [0.4, 0.5) is 0 Å². The van der Waals surface area contributed by atoms with Gasteiger partial charge >= 0.3 is 0 Å². The van der Waals surface area contributed by atoms with Gasteiger partial charge in [-0.2, -0.15) is 5.10 Å². The number of hydrogen-bond acceptors (Lipinski definition) is 2. The molecule has 0 aliphatic carbocycles. The molecule has 70 valence electrons. The highest BCUT2D eigenvalue weighted by Gasteiger charge is 1.99. The Bertz CT molecular complexity index is 283. The summed E-state index contributed by atoms with van der Waals surface area (Å²) in [6.07, 6.45) is 8.81. The molecule has 1 N–H and O–H groups in total. The molecule has 0 unspecified atom stereocenters. The van der Waals surface area contributed by atoms with Gasteiger partial charge in [0.25, 0.3) is 0 Å². The monoisotopic (exact) mass is 177 g/mol. The lowest BCUT2D eigenvalue weighted by Gasteiger charge is -2.05. The zero-order valence-corrected chi connectivity index (χ0v) is 7.95. The predicted octanol–water partition coefficient (Wildman–Crippen LogP) is 1.02. The normalized spacial score (nSPS) is 9.85. The van der Waals surface area contributed by atoms with Gasteiger partial charge in [-0.1, -0.05) is 0 Å². The van der Waals surface area contributed by atoms with Crippen LogP contribution in [0.2, 0.25) is 0 Å². The quantitative estimate of drug-likeness (QED) is 0.537. The molecular weight excluding hydrogens is 162 g/mol. The van der Waals surface area contributed by atoms with Gasteiger partial charge in [0.2, 0.25) is 0 Å². The zero-order valence-electron chi connectivity index (χ0n) is 7.95. The molecule has 0 aliphatic rings. The molecule has 0 radical (unpaired) electrons. The summed E-state index contributed by atoms with van der Waals surface area (Å²) in [6, 6.07) is 2.02. The van der Waals surface area contributed by atoms with Crippen LogP contribution < -0.4 is 5.32 Å². The highest BCUT2D eigenvalue weighted by molar-refractivity contribution is 4.99. The fraction of sp³-hybridized carbons (Fsp3) is 0.500. The van der Waals surface area contributed by atoms with E-state index in [4.69, 9.17) is 6.42 Å². The third-order valence-electron chi connectivity index (χ3n) is 1.85. The van der Waals surface area contributed by atoms with E-state index >= 15 is 0 Å². The van der Waals surface area contributed by atoms with E-state index in [2.05, 4.69) is 16.3 Å². The molecule has 0 aromatic carbocycles. The van der Waals surface area contributed by atoms with Gasteiger partial charge in [0.1, 0.15) is 0 Å². The van der Waals surface area contributed by atoms with Crippen LogP contribution in [0.15, 0.2) is 12.3 Å². The number of aromatic nitrogens is 2.